The molecule has 0 aliphatic carbocycles. The largest absolute Gasteiger partial charge is 0.399 e. The number of nitrogens with one attached hydrogen (secondary N) is 1. The van der Waals surface area contributed by atoms with Gasteiger partial charge in [0.25, 0.3) is 5.91 Å². The highest BCUT2D eigenvalue weighted by atomic mass is 16.1. The van der Waals surface area contributed by atoms with Crippen LogP contribution in [-0.4, -0.2) is 10.9 Å². The zero-order valence-corrected chi connectivity index (χ0v) is 10.3. The van der Waals surface area contributed by atoms with E-state index in [-0.39, 0.29) is 11.6 Å². The van der Waals surface area contributed by atoms with E-state index in [4.69, 9.17) is 11.0 Å². The Morgan fingerprint density at radius 1 is 1.37 bits per heavy atom. The van der Waals surface area contributed by atoms with Crippen molar-refractivity contribution in [2.45, 2.75) is 6.92 Å². The van der Waals surface area contributed by atoms with Crippen molar-refractivity contribution in [1.29, 1.82) is 5.26 Å². The lowest BCUT2D eigenvalue weighted by Gasteiger charge is -2.07. The fourth-order valence-corrected chi connectivity index (χ4v) is 1.54. The molecule has 0 aliphatic heterocycles. The van der Waals surface area contributed by atoms with Crippen molar-refractivity contribution >= 4 is 17.3 Å². The smallest absolute Gasteiger partial charge is 0.274 e. The lowest BCUT2D eigenvalue weighted by Crippen LogP contribution is -2.13. The third-order valence-electron chi connectivity index (χ3n) is 2.65. The number of amides is 1. The summed E-state index contributed by atoms with van der Waals surface area (Å²) in [7, 11) is 0. The number of nitriles is 1. The molecular weight excluding hydrogens is 240 g/mol. The van der Waals surface area contributed by atoms with E-state index in [1.54, 1.807) is 24.3 Å². The fourth-order valence-electron chi connectivity index (χ4n) is 1.54. The summed E-state index contributed by atoms with van der Waals surface area (Å²) >= 11 is 0. The zero-order chi connectivity index (χ0) is 13.8. The maximum Gasteiger partial charge on any atom is 0.274 e. The highest BCUT2D eigenvalue weighted by Crippen LogP contribution is 2.17. The second-order valence-corrected chi connectivity index (χ2v) is 4.07. The summed E-state index contributed by atoms with van der Waals surface area (Å²) in [5, 5.41) is 11.4. The number of hydrogen-bond acceptors (Lipinski definition) is 4. The van der Waals surface area contributed by atoms with Gasteiger partial charge in [-0.05, 0) is 42.8 Å². The molecule has 0 spiro atoms. The Morgan fingerprint density at radius 2 is 2.16 bits per heavy atom. The number of carbonyl (C=O) groups excluding carboxylic acids is 1. The number of pyridine rings is 1. The Hall–Kier alpha value is -2.87. The van der Waals surface area contributed by atoms with Gasteiger partial charge in [-0.25, -0.2) is 4.98 Å². The number of anilines is 2. The van der Waals surface area contributed by atoms with Gasteiger partial charge in [-0.15, -0.1) is 0 Å². The average Bonchev–Trinajstić information content (AvgIpc) is 2.43. The van der Waals surface area contributed by atoms with Crippen LogP contribution in [0, 0.1) is 18.3 Å². The first-order valence-electron chi connectivity index (χ1n) is 5.64. The fraction of sp³-hybridized carbons (Fsp3) is 0.0714. The molecule has 0 atom stereocenters. The van der Waals surface area contributed by atoms with Gasteiger partial charge in [0.15, 0.2) is 0 Å². The Morgan fingerprint density at radius 3 is 2.74 bits per heavy atom. The van der Waals surface area contributed by atoms with Gasteiger partial charge in [0.1, 0.15) is 11.8 Å². The molecule has 1 heterocycles. The van der Waals surface area contributed by atoms with E-state index in [0.29, 0.717) is 16.9 Å². The van der Waals surface area contributed by atoms with Crippen LogP contribution in [0.2, 0.25) is 0 Å². The van der Waals surface area contributed by atoms with E-state index in [2.05, 4.69) is 10.3 Å². The first-order valence-corrected chi connectivity index (χ1v) is 5.64. The Kier molecular flexibility index (Phi) is 3.44. The molecule has 0 saturated heterocycles. The Balaban J connectivity index is 2.16. The lowest BCUT2D eigenvalue weighted by molar-refractivity contribution is 0.102. The van der Waals surface area contributed by atoms with Gasteiger partial charge in [-0.1, -0.05) is 0 Å². The molecule has 1 aromatic heterocycles. The van der Waals surface area contributed by atoms with Gasteiger partial charge in [-0.2, -0.15) is 5.26 Å². The minimum absolute atomic E-state index is 0.258. The van der Waals surface area contributed by atoms with Crippen molar-refractivity contribution in [3.8, 4) is 6.07 Å². The molecule has 19 heavy (non-hydrogen) atoms. The van der Waals surface area contributed by atoms with Crippen molar-refractivity contribution in [2.24, 2.45) is 0 Å². The normalized spacial score (nSPS) is 9.68. The van der Waals surface area contributed by atoms with Crippen LogP contribution in [0.15, 0.2) is 36.5 Å². The third kappa shape index (κ3) is 2.87. The monoisotopic (exact) mass is 252 g/mol. The van der Waals surface area contributed by atoms with Gasteiger partial charge < -0.3 is 11.1 Å². The third-order valence-corrected chi connectivity index (χ3v) is 2.65. The summed E-state index contributed by atoms with van der Waals surface area (Å²) < 4.78 is 0. The standard InChI is InChI=1S/C14H12N4O/c1-9-6-11(3-4-12(9)16)18-14(19)13-5-2-10(7-15)8-17-13/h2-6,8H,16H2,1H3,(H,18,19). The molecule has 0 radical (unpaired) electrons. The summed E-state index contributed by atoms with van der Waals surface area (Å²) in [6.07, 6.45) is 1.36. The summed E-state index contributed by atoms with van der Waals surface area (Å²) in [6.45, 7) is 1.87. The molecular formula is C14H12N4O. The maximum atomic E-state index is 11.9. The molecule has 0 aliphatic rings. The number of nitrogens with zero attached hydrogens (tertiary/aromatic N) is 2. The van der Waals surface area contributed by atoms with Gasteiger partial charge in [0, 0.05) is 17.6 Å². The van der Waals surface area contributed by atoms with Crippen molar-refractivity contribution < 1.29 is 4.79 Å². The molecule has 0 unspecified atom stereocenters. The van der Waals surface area contributed by atoms with Gasteiger partial charge in [0.2, 0.25) is 0 Å². The molecule has 5 heteroatoms. The highest BCUT2D eigenvalue weighted by molar-refractivity contribution is 6.03. The zero-order valence-electron chi connectivity index (χ0n) is 10.3. The first kappa shape index (κ1) is 12.6. The first-order chi connectivity index (χ1) is 9.10. The highest BCUT2D eigenvalue weighted by Gasteiger charge is 2.08. The maximum absolute atomic E-state index is 11.9. The topological polar surface area (TPSA) is 91.8 Å². The molecule has 1 amide bonds. The number of nitrogen functional groups attached to an aromatic ring is 1. The summed E-state index contributed by atoms with van der Waals surface area (Å²) in [4.78, 5) is 15.8. The molecule has 2 rings (SSSR count). The van der Waals surface area contributed by atoms with Crippen LogP contribution < -0.4 is 11.1 Å². The van der Waals surface area contributed by atoms with Crippen molar-refractivity contribution in [3.63, 3.8) is 0 Å². The second-order valence-electron chi connectivity index (χ2n) is 4.07. The molecule has 0 fully saturated rings. The van der Waals surface area contributed by atoms with Crippen LogP contribution in [0.3, 0.4) is 0 Å². The minimum Gasteiger partial charge on any atom is -0.399 e. The molecule has 2 aromatic rings. The number of rotatable bonds is 2. The van der Waals surface area contributed by atoms with Crippen LogP contribution in [0.1, 0.15) is 21.6 Å². The molecule has 1 aromatic carbocycles. The van der Waals surface area contributed by atoms with E-state index in [9.17, 15) is 4.79 Å². The Bertz CT molecular complexity index is 656. The van der Waals surface area contributed by atoms with E-state index < -0.39 is 0 Å². The molecule has 3 N–H and O–H groups in total. The van der Waals surface area contributed by atoms with Crippen LogP contribution in [0.25, 0.3) is 0 Å². The van der Waals surface area contributed by atoms with Crippen LogP contribution >= 0.6 is 0 Å². The van der Waals surface area contributed by atoms with E-state index in [1.165, 1.54) is 12.3 Å². The van der Waals surface area contributed by atoms with Gasteiger partial charge in [0.05, 0.1) is 5.56 Å². The van der Waals surface area contributed by atoms with Crippen molar-refractivity contribution in [1.82, 2.24) is 4.98 Å². The van der Waals surface area contributed by atoms with Crippen molar-refractivity contribution in [2.75, 3.05) is 11.1 Å². The van der Waals surface area contributed by atoms with Crippen molar-refractivity contribution in [3.05, 3.63) is 53.3 Å². The van der Waals surface area contributed by atoms with E-state index in [1.807, 2.05) is 13.0 Å². The lowest BCUT2D eigenvalue weighted by atomic mass is 10.2. The van der Waals surface area contributed by atoms with E-state index in [0.717, 1.165) is 5.56 Å². The number of carbonyl (C=O) groups is 1. The molecule has 5 nitrogen and oxygen atoms in total. The number of hydrogen-bond donors (Lipinski definition) is 2. The number of benzene rings is 1. The second kappa shape index (κ2) is 5.19. The van der Waals surface area contributed by atoms with Gasteiger partial charge >= 0.3 is 0 Å². The van der Waals surface area contributed by atoms with Crippen LogP contribution in [0.5, 0.6) is 0 Å². The summed E-state index contributed by atoms with van der Waals surface area (Å²) in [5.74, 6) is -0.325. The van der Waals surface area contributed by atoms with Gasteiger partial charge in [-0.3, -0.25) is 4.79 Å². The minimum atomic E-state index is -0.325. The average molecular weight is 252 g/mol. The summed E-state index contributed by atoms with van der Waals surface area (Å²) in [6, 6.07) is 10.3. The van der Waals surface area contributed by atoms with Crippen LogP contribution in [0.4, 0.5) is 11.4 Å². The number of aryl methyl sites for hydroxylation is 1. The molecule has 0 saturated carbocycles. The molecule has 94 valence electrons. The summed E-state index contributed by atoms with van der Waals surface area (Å²) in [5.41, 5.74) is 8.61. The number of nitrogens with two attached hydrogens (primary N) is 1. The van der Waals surface area contributed by atoms with E-state index >= 15 is 0 Å². The Labute approximate surface area is 110 Å². The SMILES string of the molecule is Cc1cc(NC(=O)c2ccc(C#N)cn2)ccc1N. The molecule has 0 bridgehead atoms. The predicted molar refractivity (Wildman–Crippen MR) is 72.5 cm³/mol. The number of aromatic nitrogens is 1. The predicted octanol–water partition coefficient (Wildman–Crippen LogP) is 2.10. The van der Waals surface area contributed by atoms with Crippen LogP contribution in [-0.2, 0) is 0 Å². The quantitative estimate of drug-likeness (QED) is 0.800.